The second-order valence-electron chi connectivity index (χ2n) is 3.80. The zero-order valence-electron chi connectivity index (χ0n) is 9.93. The Balaban J connectivity index is 2.69. The Labute approximate surface area is 96.0 Å². The zero-order valence-corrected chi connectivity index (χ0v) is 9.93. The molecule has 16 heavy (non-hydrogen) atoms. The van der Waals surface area contributed by atoms with E-state index in [4.69, 9.17) is 5.73 Å². The molecule has 0 saturated carbocycles. The maximum Gasteiger partial charge on any atom is 0.324 e. The van der Waals surface area contributed by atoms with Gasteiger partial charge in [0.2, 0.25) is 0 Å². The minimum absolute atomic E-state index is 0.388. The predicted octanol–water partition coefficient (Wildman–Crippen LogP) is 0.932. The van der Waals surface area contributed by atoms with Crippen molar-refractivity contribution in [2.45, 2.75) is 13.0 Å². The fourth-order valence-corrected chi connectivity index (χ4v) is 1.61. The number of anilines is 1. The molecule has 1 unspecified atom stereocenters. The largest absolute Gasteiger partial charge is 0.468 e. The Hall–Kier alpha value is -1.55. The molecule has 1 aromatic carbocycles. The minimum Gasteiger partial charge on any atom is -0.468 e. The second-order valence-corrected chi connectivity index (χ2v) is 3.80. The molecule has 0 bridgehead atoms. The molecule has 0 radical (unpaired) electrons. The molecule has 88 valence electrons. The fourth-order valence-electron chi connectivity index (χ4n) is 1.61. The van der Waals surface area contributed by atoms with Gasteiger partial charge in [-0.05, 0) is 18.6 Å². The van der Waals surface area contributed by atoms with Gasteiger partial charge < -0.3 is 15.4 Å². The molecule has 4 heteroatoms. The van der Waals surface area contributed by atoms with Crippen molar-refractivity contribution < 1.29 is 9.53 Å². The summed E-state index contributed by atoms with van der Waals surface area (Å²) < 4.78 is 4.59. The maximum atomic E-state index is 11.2. The maximum absolute atomic E-state index is 11.2. The van der Waals surface area contributed by atoms with Crippen molar-refractivity contribution in [1.82, 2.24) is 0 Å². The Morgan fingerprint density at radius 3 is 2.69 bits per heavy atom. The fraction of sp³-hybridized carbons (Fsp3) is 0.417. The van der Waals surface area contributed by atoms with Gasteiger partial charge in [0.1, 0.15) is 6.04 Å². The summed E-state index contributed by atoms with van der Waals surface area (Å²) in [5, 5.41) is 0. The first kappa shape index (κ1) is 12.5. The molecular weight excluding hydrogens is 204 g/mol. The summed E-state index contributed by atoms with van der Waals surface area (Å²) in [6, 6.07) is 7.35. The Morgan fingerprint density at radius 1 is 1.50 bits per heavy atom. The van der Waals surface area contributed by atoms with E-state index >= 15 is 0 Å². The highest BCUT2D eigenvalue weighted by Gasteiger charge is 2.16. The third kappa shape index (κ3) is 2.97. The third-order valence-electron chi connectivity index (χ3n) is 2.50. The lowest BCUT2D eigenvalue weighted by atomic mass is 10.1. The molecule has 0 fully saturated rings. The second kappa shape index (κ2) is 5.51. The van der Waals surface area contributed by atoms with E-state index in [0.29, 0.717) is 6.54 Å². The van der Waals surface area contributed by atoms with E-state index in [0.717, 1.165) is 11.3 Å². The number of esters is 1. The zero-order chi connectivity index (χ0) is 12.1. The molecule has 0 saturated heterocycles. The highest BCUT2D eigenvalue weighted by molar-refractivity contribution is 5.76. The summed E-state index contributed by atoms with van der Waals surface area (Å²) in [5.41, 5.74) is 7.93. The summed E-state index contributed by atoms with van der Waals surface area (Å²) >= 11 is 0. The van der Waals surface area contributed by atoms with Crippen LogP contribution < -0.4 is 10.6 Å². The van der Waals surface area contributed by atoms with Crippen LogP contribution in [0.1, 0.15) is 5.56 Å². The van der Waals surface area contributed by atoms with Gasteiger partial charge in [0.25, 0.3) is 0 Å². The number of nitrogens with two attached hydrogens (primary N) is 1. The summed E-state index contributed by atoms with van der Waals surface area (Å²) in [4.78, 5) is 13.1. The number of benzene rings is 1. The molecule has 0 amide bonds. The average Bonchev–Trinajstić information content (AvgIpc) is 2.28. The van der Waals surface area contributed by atoms with Crippen molar-refractivity contribution in [2.24, 2.45) is 5.73 Å². The number of methoxy groups -OCH3 is 1. The number of rotatable bonds is 4. The van der Waals surface area contributed by atoms with E-state index in [1.165, 1.54) is 7.11 Å². The van der Waals surface area contributed by atoms with E-state index < -0.39 is 6.04 Å². The number of nitrogens with zero attached hydrogens (tertiary/aromatic N) is 1. The van der Waals surface area contributed by atoms with Crippen LogP contribution in [0, 0.1) is 6.92 Å². The molecule has 0 heterocycles. The Kier molecular flexibility index (Phi) is 4.31. The molecule has 1 rings (SSSR count). The number of hydrogen-bond donors (Lipinski definition) is 1. The van der Waals surface area contributed by atoms with Gasteiger partial charge >= 0.3 is 5.97 Å². The van der Waals surface area contributed by atoms with Gasteiger partial charge in [0, 0.05) is 19.3 Å². The molecule has 1 aromatic rings. The number of para-hydroxylation sites is 1. The van der Waals surface area contributed by atoms with Gasteiger partial charge in [0.15, 0.2) is 0 Å². The highest BCUT2D eigenvalue weighted by atomic mass is 16.5. The third-order valence-corrected chi connectivity index (χ3v) is 2.50. The highest BCUT2D eigenvalue weighted by Crippen LogP contribution is 2.17. The van der Waals surface area contributed by atoms with Crippen molar-refractivity contribution >= 4 is 11.7 Å². The smallest absolute Gasteiger partial charge is 0.324 e. The lowest BCUT2D eigenvalue weighted by molar-refractivity contribution is -0.141. The van der Waals surface area contributed by atoms with Gasteiger partial charge in [-0.3, -0.25) is 4.79 Å². The van der Waals surface area contributed by atoms with E-state index in [1.54, 1.807) is 0 Å². The minimum atomic E-state index is -0.616. The molecule has 0 aliphatic heterocycles. The molecule has 2 N–H and O–H groups in total. The number of aryl methyl sites for hydroxylation is 1. The van der Waals surface area contributed by atoms with Crippen LogP contribution in [0.15, 0.2) is 24.3 Å². The first-order valence-corrected chi connectivity index (χ1v) is 5.16. The quantitative estimate of drug-likeness (QED) is 0.770. The average molecular weight is 222 g/mol. The van der Waals surface area contributed by atoms with Gasteiger partial charge in [-0.1, -0.05) is 18.2 Å². The van der Waals surface area contributed by atoms with Crippen molar-refractivity contribution in [1.29, 1.82) is 0 Å². The molecular formula is C12H18N2O2. The van der Waals surface area contributed by atoms with Crippen molar-refractivity contribution in [2.75, 3.05) is 25.6 Å². The van der Waals surface area contributed by atoms with Crippen molar-refractivity contribution in [3.63, 3.8) is 0 Å². The first-order chi connectivity index (χ1) is 7.56. The summed E-state index contributed by atoms with van der Waals surface area (Å²) in [6.45, 7) is 2.47. The van der Waals surface area contributed by atoms with Crippen LogP contribution in [-0.2, 0) is 9.53 Å². The molecule has 0 spiro atoms. The van der Waals surface area contributed by atoms with Crippen LogP contribution in [0.25, 0.3) is 0 Å². The summed E-state index contributed by atoms with van der Waals surface area (Å²) in [7, 11) is 3.25. The van der Waals surface area contributed by atoms with Crippen molar-refractivity contribution in [3.8, 4) is 0 Å². The molecule has 0 aromatic heterocycles. The summed E-state index contributed by atoms with van der Waals surface area (Å²) in [6.07, 6.45) is 0. The van der Waals surface area contributed by atoms with Crippen LogP contribution in [-0.4, -0.2) is 32.7 Å². The monoisotopic (exact) mass is 222 g/mol. The number of likely N-dealkylation sites (N-methyl/N-ethyl adjacent to an activating group) is 1. The Bertz CT molecular complexity index is 366. The van der Waals surface area contributed by atoms with E-state index in [2.05, 4.69) is 4.74 Å². The topological polar surface area (TPSA) is 55.6 Å². The number of hydrogen-bond acceptors (Lipinski definition) is 4. The van der Waals surface area contributed by atoms with E-state index in [9.17, 15) is 4.79 Å². The van der Waals surface area contributed by atoms with Gasteiger partial charge in [-0.2, -0.15) is 0 Å². The Morgan fingerprint density at radius 2 is 2.12 bits per heavy atom. The van der Waals surface area contributed by atoms with Gasteiger partial charge in [-0.15, -0.1) is 0 Å². The van der Waals surface area contributed by atoms with Crippen LogP contribution >= 0.6 is 0 Å². The van der Waals surface area contributed by atoms with Gasteiger partial charge in [-0.25, -0.2) is 0 Å². The van der Waals surface area contributed by atoms with E-state index in [1.807, 2.05) is 43.1 Å². The predicted molar refractivity (Wildman–Crippen MR) is 64.4 cm³/mol. The van der Waals surface area contributed by atoms with Crippen LogP contribution in [0.3, 0.4) is 0 Å². The summed E-state index contributed by atoms with van der Waals surface area (Å²) in [5.74, 6) is -0.388. The molecule has 1 atom stereocenters. The van der Waals surface area contributed by atoms with Crippen LogP contribution in [0.2, 0.25) is 0 Å². The molecule has 4 nitrogen and oxygen atoms in total. The number of ether oxygens (including phenoxy) is 1. The first-order valence-electron chi connectivity index (χ1n) is 5.16. The van der Waals surface area contributed by atoms with Crippen LogP contribution in [0.4, 0.5) is 5.69 Å². The van der Waals surface area contributed by atoms with Crippen LogP contribution in [0.5, 0.6) is 0 Å². The van der Waals surface area contributed by atoms with Gasteiger partial charge in [0.05, 0.1) is 7.11 Å². The van der Waals surface area contributed by atoms with Crippen molar-refractivity contribution in [3.05, 3.63) is 29.8 Å². The molecule has 0 aliphatic rings. The molecule has 0 aliphatic carbocycles. The standard InChI is InChI=1S/C12H18N2O2/c1-9-6-4-5-7-11(9)14(2)8-10(13)12(15)16-3/h4-7,10H,8,13H2,1-3H3. The van der Waals surface area contributed by atoms with E-state index in [-0.39, 0.29) is 5.97 Å². The number of carbonyl (C=O) groups is 1. The number of carbonyl (C=O) groups excluding carboxylic acids is 1. The normalized spacial score (nSPS) is 12.0. The lowest BCUT2D eigenvalue weighted by Gasteiger charge is -2.23. The SMILES string of the molecule is COC(=O)C(N)CN(C)c1ccccc1C. The lowest BCUT2D eigenvalue weighted by Crippen LogP contribution is -2.42.